The van der Waals surface area contributed by atoms with Gasteiger partial charge in [-0.15, -0.1) is 0 Å². The van der Waals surface area contributed by atoms with Gasteiger partial charge in [0.05, 0.1) is 5.75 Å². The van der Waals surface area contributed by atoms with Crippen molar-refractivity contribution in [2.24, 2.45) is 5.73 Å². The average Bonchev–Trinajstić information content (AvgIpc) is 2.00. The van der Waals surface area contributed by atoms with E-state index in [1.165, 1.54) is 6.92 Å². The Hall–Kier alpha value is -0.880. The van der Waals surface area contributed by atoms with Crippen molar-refractivity contribution in [2.75, 3.05) is 5.75 Å². The van der Waals surface area contributed by atoms with E-state index in [2.05, 4.69) is 0 Å². The summed E-state index contributed by atoms with van der Waals surface area (Å²) < 4.78 is 21.6. The smallest absolute Gasteiger partial charge is 0.324 e. The zero-order valence-corrected chi connectivity index (χ0v) is 7.41. The van der Waals surface area contributed by atoms with Gasteiger partial charge in [-0.25, -0.2) is 8.42 Å². The van der Waals surface area contributed by atoms with Crippen molar-refractivity contribution in [1.29, 1.82) is 0 Å². The number of hydrogen-bond donors (Lipinski definition) is 2. The number of carbonyl (C=O) groups is 1. The summed E-state index contributed by atoms with van der Waals surface area (Å²) in [6, 6.07) is -1.26. The largest absolute Gasteiger partial charge is 0.480 e. The van der Waals surface area contributed by atoms with E-state index in [-0.39, 0.29) is 5.75 Å². The van der Waals surface area contributed by atoms with E-state index >= 15 is 0 Å². The van der Waals surface area contributed by atoms with Crippen LogP contribution in [0.4, 0.5) is 0 Å². The Bertz CT molecular complexity index is 280. The predicted molar refractivity (Wildman–Crippen MR) is 44.2 cm³/mol. The second kappa shape index (κ2) is 4.22. The molecule has 0 bridgehead atoms. The zero-order valence-electron chi connectivity index (χ0n) is 6.60. The van der Waals surface area contributed by atoms with Crippen LogP contribution in [-0.2, 0) is 14.6 Å². The molecule has 0 aliphatic heterocycles. The number of nitrogens with two attached hydrogens (primary N) is 1. The third-order valence-corrected chi connectivity index (χ3v) is 2.56. The summed E-state index contributed by atoms with van der Waals surface area (Å²) in [4.78, 5) is 10.1. The second-order valence-electron chi connectivity index (χ2n) is 2.14. The maximum absolute atomic E-state index is 10.8. The predicted octanol–water partition coefficient (Wildman–Crippen LogP) is -0.653. The van der Waals surface area contributed by atoms with Crippen LogP contribution in [0.1, 0.15) is 6.92 Å². The van der Waals surface area contributed by atoms with Crippen LogP contribution in [0, 0.1) is 0 Å². The molecule has 12 heavy (non-hydrogen) atoms. The number of carboxylic acid groups (broad SMARTS) is 1. The van der Waals surface area contributed by atoms with Gasteiger partial charge in [0.1, 0.15) is 6.04 Å². The maximum atomic E-state index is 10.8. The van der Waals surface area contributed by atoms with Gasteiger partial charge in [0.25, 0.3) is 0 Å². The molecule has 6 heteroatoms. The molecule has 3 N–H and O–H groups in total. The van der Waals surface area contributed by atoms with Crippen LogP contribution in [0.15, 0.2) is 11.5 Å². The molecule has 0 amide bonds. The summed E-state index contributed by atoms with van der Waals surface area (Å²) >= 11 is 0. The van der Waals surface area contributed by atoms with E-state index in [0.29, 0.717) is 0 Å². The lowest BCUT2D eigenvalue weighted by Crippen LogP contribution is -2.27. The highest BCUT2D eigenvalue weighted by Crippen LogP contribution is 1.93. The number of aliphatic carboxylic acids is 1. The van der Waals surface area contributed by atoms with Crippen molar-refractivity contribution in [3.05, 3.63) is 11.5 Å². The van der Waals surface area contributed by atoms with Gasteiger partial charge in [-0.05, 0) is 6.08 Å². The SMILES string of the molecule is CCS(=O)(=O)C=CC(N)C(=O)O. The number of sulfone groups is 1. The Labute approximate surface area is 70.8 Å². The maximum Gasteiger partial charge on any atom is 0.324 e. The van der Waals surface area contributed by atoms with Crippen molar-refractivity contribution < 1.29 is 18.3 Å². The molecule has 70 valence electrons. The van der Waals surface area contributed by atoms with Gasteiger partial charge in [-0.3, -0.25) is 4.79 Å². The van der Waals surface area contributed by atoms with Crippen molar-refractivity contribution in [3.63, 3.8) is 0 Å². The molecule has 5 nitrogen and oxygen atoms in total. The van der Waals surface area contributed by atoms with Crippen LogP contribution >= 0.6 is 0 Å². The molecule has 0 aromatic carbocycles. The Balaban J connectivity index is 4.36. The van der Waals surface area contributed by atoms with E-state index in [1.807, 2.05) is 0 Å². The van der Waals surface area contributed by atoms with E-state index in [1.54, 1.807) is 0 Å². The molecule has 0 rings (SSSR count). The molecule has 0 aliphatic carbocycles. The van der Waals surface area contributed by atoms with Crippen molar-refractivity contribution in [3.8, 4) is 0 Å². The van der Waals surface area contributed by atoms with E-state index in [4.69, 9.17) is 10.8 Å². The number of rotatable bonds is 4. The summed E-state index contributed by atoms with van der Waals surface area (Å²) in [6.45, 7) is 1.46. The molecular formula is C6H11NO4S. The van der Waals surface area contributed by atoms with Gasteiger partial charge in [-0.2, -0.15) is 0 Å². The highest BCUT2D eigenvalue weighted by atomic mass is 32.2. The average molecular weight is 193 g/mol. The first-order valence-corrected chi connectivity index (χ1v) is 5.00. The first-order valence-electron chi connectivity index (χ1n) is 3.28. The van der Waals surface area contributed by atoms with Crippen LogP contribution in [0.25, 0.3) is 0 Å². The van der Waals surface area contributed by atoms with Crippen molar-refractivity contribution in [2.45, 2.75) is 13.0 Å². The molecule has 0 aromatic heterocycles. The molecule has 0 spiro atoms. The molecule has 0 saturated heterocycles. The van der Waals surface area contributed by atoms with Crippen molar-refractivity contribution in [1.82, 2.24) is 0 Å². The molecule has 1 unspecified atom stereocenters. The molecular weight excluding hydrogens is 182 g/mol. The Morgan fingerprint density at radius 1 is 1.67 bits per heavy atom. The van der Waals surface area contributed by atoms with Crippen LogP contribution in [0.3, 0.4) is 0 Å². The van der Waals surface area contributed by atoms with Gasteiger partial charge in [0.15, 0.2) is 9.84 Å². The van der Waals surface area contributed by atoms with Gasteiger partial charge < -0.3 is 10.8 Å². The molecule has 1 atom stereocenters. The minimum absolute atomic E-state index is 0.0597. The lowest BCUT2D eigenvalue weighted by atomic mass is 10.3. The highest BCUT2D eigenvalue weighted by molar-refractivity contribution is 7.94. The molecule has 0 heterocycles. The third kappa shape index (κ3) is 4.09. The fourth-order valence-electron chi connectivity index (χ4n) is 0.383. The Morgan fingerprint density at radius 2 is 2.17 bits per heavy atom. The summed E-state index contributed by atoms with van der Waals surface area (Å²) in [5, 5.41) is 9.11. The van der Waals surface area contributed by atoms with Gasteiger partial charge >= 0.3 is 5.97 Å². The Morgan fingerprint density at radius 3 is 2.50 bits per heavy atom. The normalized spacial score (nSPS) is 14.8. The second-order valence-corrected chi connectivity index (χ2v) is 4.32. The van der Waals surface area contributed by atoms with Crippen molar-refractivity contribution >= 4 is 15.8 Å². The Kier molecular flexibility index (Phi) is 3.91. The van der Waals surface area contributed by atoms with E-state index < -0.39 is 21.8 Å². The van der Waals surface area contributed by atoms with Crippen LogP contribution in [0.5, 0.6) is 0 Å². The molecule has 0 saturated carbocycles. The van der Waals surface area contributed by atoms with Crippen LogP contribution < -0.4 is 5.73 Å². The lowest BCUT2D eigenvalue weighted by molar-refractivity contribution is -0.137. The van der Waals surface area contributed by atoms with Crippen LogP contribution in [0.2, 0.25) is 0 Å². The lowest BCUT2D eigenvalue weighted by Gasteiger charge is -1.97. The summed E-state index contributed by atoms with van der Waals surface area (Å²) in [5.74, 6) is -1.31. The minimum atomic E-state index is -3.27. The minimum Gasteiger partial charge on any atom is -0.480 e. The number of hydrogen-bond acceptors (Lipinski definition) is 4. The molecule has 0 aliphatic rings. The summed E-state index contributed by atoms with van der Waals surface area (Å²) in [5.41, 5.74) is 5.03. The standard InChI is InChI=1S/C6H11NO4S/c1-2-12(10,11)4-3-5(7)6(8)9/h3-5H,2,7H2,1H3,(H,8,9). The fourth-order valence-corrected chi connectivity index (χ4v) is 0.984. The van der Waals surface area contributed by atoms with Gasteiger partial charge in [0.2, 0.25) is 0 Å². The summed E-state index contributed by atoms with van der Waals surface area (Å²) in [7, 11) is -3.27. The fraction of sp³-hybridized carbons (Fsp3) is 0.500. The topological polar surface area (TPSA) is 97.5 Å². The molecule has 0 fully saturated rings. The van der Waals surface area contributed by atoms with Crippen LogP contribution in [-0.4, -0.2) is 31.3 Å². The number of carboxylic acids is 1. The van der Waals surface area contributed by atoms with Gasteiger partial charge in [-0.1, -0.05) is 6.92 Å². The monoisotopic (exact) mass is 193 g/mol. The first-order chi connectivity index (χ1) is 5.39. The van der Waals surface area contributed by atoms with E-state index in [9.17, 15) is 13.2 Å². The highest BCUT2D eigenvalue weighted by Gasteiger charge is 2.08. The molecule has 0 radical (unpaired) electrons. The first kappa shape index (κ1) is 11.1. The quantitative estimate of drug-likeness (QED) is 0.618. The zero-order chi connectivity index (χ0) is 9.78. The third-order valence-electron chi connectivity index (χ3n) is 1.18. The molecule has 0 aromatic rings. The summed E-state index contributed by atoms with van der Waals surface area (Å²) in [6.07, 6.45) is 0.946. The van der Waals surface area contributed by atoms with E-state index in [0.717, 1.165) is 11.5 Å². The van der Waals surface area contributed by atoms with Gasteiger partial charge in [0, 0.05) is 5.41 Å².